The summed E-state index contributed by atoms with van der Waals surface area (Å²) < 4.78 is 231. The second-order valence-corrected chi connectivity index (χ2v) is 21.9. The Kier molecular flexibility index (Phi) is 12.6. The average molecular weight is 710 g/mol. The number of nitrogens with zero attached hydrogens (tertiary/aromatic N) is 1. The highest BCUT2D eigenvalue weighted by atomic mass is 35.7. The Morgan fingerprint density at radius 3 is 1.23 bits per heavy atom. The van der Waals surface area contributed by atoms with E-state index in [1.165, 1.54) is 31.8 Å². The zero-order valence-electron chi connectivity index (χ0n) is 21.0. The molecule has 0 aliphatic carbocycles. The zero-order chi connectivity index (χ0) is 33.6. The minimum Gasteiger partial charge on any atom is -0.329 e. The van der Waals surface area contributed by atoms with E-state index in [1.54, 1.807) is 0 Å². The van der Waals surface area contributed by atoms with E-state index in [0.29, 0.717) is 0 Å². The number of hydrogen-bond donors (Lipinski definition) is 0. The van der Waals surface area contributed by atoms with E-state index in [2.05, 4.69) is 0 Å². The van der Waals surface area contributed by atoms with Crippen LogP contribution in [0.3, 0.4) is 0 Å². The summed E-state index contributed by atoms with van der Waals surface area (Å²) in [6.07, 6.45) is -12.3. The van der Waals surface area contributed by atoms with Gasteiger partial charge in [-0.3, -0.25) is 0 Å². The normalized spacial score (nSPS) is 16.6. The largest absolute Gasteiger partial charge is 0.460 e. The summed E-state index contributed by atoms with van der Waals surface area (Å²) in [7, 11) is 0.405. The van der Waals surface area contributed by atoms with Crippen molar-refractivity contribution >= 4 is 37.1 Å². The number of alkyl halides is 18. The fourth-order valence-corrected chi connectivity index (χ4v) is 4.98. The molecule has 1 nitrogen and oxygen atoms in total. The molecule has 23 heteroatoms. The van der Waals surface area contributed by atoms with Crippen molar-refractivity contribution in [2.75, 3.05) is 14.1 Å². The quantitative estimate of drug-likeness (QED) is 0.117. The molecule has 0 rings (SSSR count). The van der Waals surface area contributed by atoms with Gasteiger partial charge in [-0.15, -0.1) is 22.2 Å². The molecule has 0 amide bonds. The van der Waals surface area contributed by atoms with Crippen LogP contribution in [0.15, 0.2) is 0 Å². The maximum Gasteiger partial charge on any atom is 0.460 e. The third-order valence-corrected chi connectivity index (χ3v) is 12.5. The third-order valence-electron chi connectivity index (χ3n) is 5.73. The molecule has 0 heterocycles. The predicted molar refractivity (Wildman–Crippen MR) is 115 cm³/mol. The van der Waals surface area contributed by atoms with Gasteiger partial charge in [0.05, 0.1) is 0 Å². The molecule has 1 unspecified atom stereocenters. The molecule has 0 aromatic rings. The smallest absolute Gasteiger partial charge is 0.329 e. The van der Waals surface area contributed by atoms with Crippen LogP contribution in [0.4, 0.5) is 79.0 Å². The van der Waals surface area contributed by atoms with Crippen molar-refractivity contribution in [3.8, 4) is 0 Å². The summed E-state index contributed by atoms with van der Waals surface area (Å²) in [5.41, 5.74) is -5.80. The zero-order valence-corrected chi connectivity index (χ0v) is 24.5. The van der Waals surface area contributed by atoms with E-state index in [0.717, 1.165) is 0 Å². The van der Waals surface area contributed by atoms with E-state index in [1.807, 2.05) is 0 Å². The molecule has 0 bridgehead atoms. The molecular formula is C17H23Cl2F18NSi2. The molecule has 0 aromatic heterocycles. The first kappa shape index (κ1) is 41.8. The summed E-state index contributed by atoms with van der Waals surface area (Å²) in [5.74, 6) is -38.1. The molecule has 0 saturated heterocycles. The molecule has 0 aliphatic rings. The van der Waals surface area contributed by atoms with Gasteiger partial charge in [0.1, 0.15) is 8.24 Å². The van der Waals surface area contributed by atoms with Crippen LogP contribution in [0.2, 0.25) is 25.7 Å². The molecular weight excluding hydrogens is 687 g/mol. The van der Waals surface area contributed by atoms with E-state index in [9.17, 15) is 79.0 Å². The van der Waals surface area contributed by atoms with Crippen LogP contribution in [-0.4, -0.2) is 87.0 Å². The molecule has 244 valence electrons. The highest BCUT2D eigenvalue weighted by molar-refractivity contribution is 7.46. The predicted octanol–water partition coefficient (Wildman–Crippen LogP) is 9.59. The van der Waals surface area contributed by atoms with Crippen LogP contribution < -0.4 is 0 Å². The van der Waals surface area contributed by atoms with Gasteiger partial charge in [-0.2, -0.15) is 65.9 Å². The Bertz CT molecular complexity index is 837. The van der Waals surface area contributed by atoms with Crippen molar-refractivity contribution in [3.05, 3.63) is 0 Å². The Balaban J connectivity index is 0. The van der Waals surface area contributed by atoms with Gasteiger partial charge in [-0.05, 0) is 33.6 Å². The average Bonchev–Trinajstić information content (AvgIpc) is 2.70. The van der Waals surface area contributed by atoms with Crippen molar-refractivity contribution in [3.63, 3.8) is 0 Å². The molecule has 0 spiro atoms. The SMILES string of the molecule is CC(F)C(F)(F)C(F)(F)C(F)(F)C(F)(F)[Si](C)(Cl)Cl.CN(C)[Si](C)(C)CCC(F)(F)C(F)(F)C(F)(F)C(F)(F)F. The fraction of sp³-hybridized carbons (Fsp3) is 1.00. The van der Waals surface area contributed by atoms with Gasteiger partial charge in [0.15, 0.2) is 6.17 Å². The highest BCUT2D eigenvalue weighted by Crippen LogP contribution is 2.58. The molecule has 0 N–H and O–H groups in total. The molecule has 0 saturated carbocycles. The molecule has 0 radical (unpaired) electrons. The van der Waals surface area contributed by atoms with Crippen LogP contribution in [0, 0.1) is 0 Å². The number of hydrogen-bond acceptors (Lipinski definition) is 1. The summed E-state index contributed by atoms with van der Waals surface area (Å²) in [5, 5.41) is 0. The third kappa shape index (κ3) is 7.61. The van der Waals surface area contributed by atoms with Crippen LogP contribution in [0.5, 0.6) is 0 Å². The second-order valence-electron chi connectivity index (χ2n) is 9.41. The highest BCUT2D eigenvalue weighted by Gasteiger charge is 2.85. The second kappa shape index (κ2) is 12.0. The van der Waals surface area contributed by atoms with Gasteiger partial charge in [-0.1, -0.05) is 13.1 Å². The number of rotatable bonds is 11. The van der Waals surface area contributed by atoms with Crippen LogP contribution in [-0.2, 0) is 0 Å². The Morgan fingerprint density at radius 2 is 0.975 bits per heavy atom. The topological polar surface area (TPSA) is 3.24 Å². The molecule has 0 aromatic carbocycles. The number of halogens is 20. The summed E-state index contributed by atoms with van der Waals surface area (Å²) >= 11 is 9.49. The maximum absolute atomic E-state index is 13.3. The first-order valence-corrected chi connectivity index (χ1v) is 17.9. The van der Waals surface area contributed by atoms with Crippen LogP contribution in [0.25, 0.3) is 0 Å². The van der Waals surface area contributed by atoms with Gasteiger partial charge in [0.25, 0.3) is 0 Å². The molecule has 0 fully saturated rings. The molecule has 0 aliphatic heterocycles. The fourth-order valence-electron chi connectivity index (χ4n) is 2.18. The molecule has 40 heavy (non-hydrogen) atoms. The summed E-state index contributed by atoms with van der Waals surface area (Å²) in [6.45, 7) is -2.33. The van der Waals surface area contributed by atoms with Crippen molar-refractivity contribution < 1.29 is 79.0 Å². The molecule has 1 atom stereocenters. The Hall–Kier alpha value is -0.286. The Morgan fingerprint density at radius 1 is 0.625 bits per heavy atom. The van der Waals surface area contributed by atoms with Crippen molar-refractivity contribution in [2.24, 2.45) is 0 Å². The lowest BCUT2D eigenvalue weighted by molar-refractivity contribution is -0.396. The first-order valence-electron chi connectivity index (χ1n) is 10.3. The minimum absolute atomic E-state index is 0.150. The van der Waals surface area contributed by atoms with E-state index >= 15 is 0 Å². The first-order chi connectivity index (χ1) is 16.8. The van der Waals surface area contributed by atoms with Gasteiger partial charge < -0.3 is 4.57 Å². The van der Waals surface area contributed by atoms with Crippen LogP contribution >= 0.6 is 22.2 Å². The maximum atomic E-state index is 13.3. The lowest BCUT2D eigenvalue weighted by atomic mass is 10.0. The van der Waals surface area contributed by atoms with E-state index in [-0.39, 0.29) is 13.5 Å². The van der Waals surface area contributed by atoms with Crippen molar-refractivity contribution in [1.82, 2.24) is 4.57 Å². The van der Waals surface area contributed by atoms with Gasteiger partial charge in [0, 0.05) is 6.42 Å². The van der Waals surface area contributed by atoms with Crippen molar-refractivity contribution in [2.45, 2.75) is 92.5 Å². The Labute approximate surface area is 227 Å². The van der Waals surface area contributed by atoms with Crippen LogP contribution in [0.1, 0.15) is 13.3 Å². The van der Waals surface area contributed by atoms with E-state index < -0.39 is 80.8 Å². The lowest BCUT2D eigenvalue weighted by Gasteiger charge is -2.39. The van der Waals surface area contributed by atoms with Gasteiger partial charge >= 0.3 is 54.0 Å². The van der Waals surface area contributed by atoms with Crippen molar-refractivity contribution in [1.29, 1.82) is 0 Å². The monoisotopic (exact) mass is 709 g/mol. The summed E-state index contributed by atoms with van der Waals surface area (Å²) in [4.78, 5) is 0. The van der Waals surface area contributed by atoms with Gasteiger partial charge in [-0.25, -0.2) is 13.2 Å². The minimum atomic E-state index is -6.80. The summed E-state index contributed by atoms with van der Waals surface area (Å²) in [6, 6.07) is -0.559. The standard InChI is InChI=1S/C10H16F9NSi.C7H7Cl2F9Si/c1-20(2)21(3,4)6-5-7(11,12)8(13,14)9(15,16)10(17,18)19;1-3(10)4(11,12)5(13,14)6(15,16)7(17,18)19(2,8)9/h5-6H2,1-4H3;3H,1-2H3. The lowest BCUT2D eigenvalue weighted by Crippen LogP contribution is -2.69. The van der Waals surface area contributed by atoms with Gasteiger partial charge in [0.2, 0.25) is 0 Å². The van der Waals surface area contributed by atoms with E-state index in [4.69, 9.17) is 22.2 Å².